The molecule has 1 aliphatic heterocycles. The fourth-order valence-corrected chi connectivity index (χ4v) is 5.31. The molecule has 2 N–H and O–H groups in total. The molecule has 0 amide bonds. The number of likely N-dealkylation sites (tertiary alicyclic amines) is 1. The van der Waals surface area contributed by atoms with Crippen LogP contribution in [0.15, 0.2) is 66.7 Å². The minimum Gasteiger partial charge on any atom is -0.478 e. The van der Waals surface area contributed by atoms with Crippen molar-refractivity contribution in [1.82, 2.24) is 4.90 Å². The smallest absolute Gasteiger partial charge is 0.335 e. The van der Waals surface area contributed by atoms with E-state index in [2.05, 4.69) is 36.1 Å². The van der Waals surface area contributed by atoms with Gasteiger partial charge in [0, 0.05) is 12.6 Å². The fraction of sp³-hybridized carbons (Fsp3) is 0.387. The van der Waals surface area contributed by atoms with Crippen LogP contribution in [-0.2, 0) is 11.2 Å². The van der Waals surface area contributed by atoms with Crippen LogP contribution in [0.2, 0.25) is 0 Å². The number of hydrogen-bond donors (Lipinski definition) is 2. The molecule has 36 heavy (non-hydrogen) atoms. The van der Waals surface area contributed by atoms with Crippen LogP contribution in [0, 0.1) is 13.8 Å². The van der Waals surface area contributed by atoms with Crippen LogP contribution in [0.3, 0.4) is 0 Å². The number of aromatic carboxylic acids is 1. The second-order valence-electron chi connectivity index (χ2n) is 9.97. The van der Waals surface area contributed by atoms with Crippen molar-refractivity contribution in [1.29, 1.82) is 0 Å². The highest BCUT2D eigenvalue weighted by atomic mass is 16.5. The van der Waals surface area contributed by atoms with E-state index in [1.165, 1.54) is 11.1 Å². The van der Waals surface area contributed by atoms with Crippen LogP contribution in [0.25, 0.3) is 11.1 Å². The summed E-state index contributed by atoms with van der Waals surface area (Å²) < 4.78 is 6.16. The third-order valence-corrected chi connectivity index (χ3v) is 7.37. The van der Waals surface area contributed by atoms with E-state index < -0.39 is 12.1 Å². The van der Waals surface area contributed by atoms with Gasteiger partial charge >= 0.3 is 5.97 Å². The van der Waals surface area contributed by atoms with Gasteiger partial charge in [0.2, 0.25) is 0 Å². The Hall–Kier alpha value is -2.99. The highest BCUT2D eigenvalue weighted by Gasteiger charge is 2.27. The standard InChI is InChI=1S/C31H37NO4/c1-21-9-4-5-10-24(21)18-26-11-8-16-32(26)19-27(33)20-36-23(3)29-12-6-7-13-30(29)25-14-15-28(31(34)35)22(2)17-25/h4-7,9-10,12-15,17,23,26-27,33H,8,11,16,18-20H2,1-3H3,(H,34,35)/t23-,26+,27-/m1/s1. The quantitative estimate of drug-likeness (QED) is 0.377. The first kappa shape index (κ1) is 26.1. The van der Waals surface area contributed by atoms with Crippen LogP contribution < -0.4 is 0 Å². The molecular weight excluding hydrogens is 450 g/mol. The van der Waals surface area contributed by atoms with Gasteiger partial charge in [0.1, 0.15) is 0 Å². The van der Waals surface area contributed by atoms with Crippen molar-refractivity contribution in [3.05, 3.63) is 94.5 Å². The fourth-order valence-electron chi connectivity index (χ4n) is 5.31. The first-order valence-corrected chi connectivity index (χ1v) is 12.8. The molecule has 1 heterocycles. The minimum atomic E-state index is -0.919. The summed E-state index contributed by atoms with van der Waals surface area (Å²) in [5.41, 5.74) is 6.74. The number of carboxylic acids is 1. The highest BCUT2D eigenvalue weighted by molar-refractivity contribution is 5.90. The van der Waals surface area contributed by atoms with Crippen molar-refractivity contribution in [2.45, 2.75) is 58.3 Å². The molecule has 1 aliphatic rings. The largest absolute Gasteiger partial charge is 0.478 e. The molecule has 1 fully saturated rings. The number of aliphatic hydroxyl groups is 1. The van der Waals surface area contributed by atoms with E-state index >= 15 is 0 Å². The summed E-state index contributed by atoms with van der Waals surface area (Å²) in [7, 11) is 0. The Morgan fingerprint density at radius 1 is 1.06 bits per heavy atom. The van der Waals surface area contributed by atoms with Gasteiger partial charge in [0.05, 0.1) is 24.4 Å². The van der Waals surface area contributed by atoms with Crippen molar-refractivity contribution in [2.24, 2.45) is 0 Å². The Bertz CT molecular complexity index is 1190. The number of carboxylic acid groups (broad SMARTS) is 1. The third-order valence-electron chi connectivity index (χ3n) is 7.37. The van der Waals surface area contributed by atoms with Crippen molar-refractivity contribution in [3.63, 3.8) is 0 Å². The van der Waals surface area contributed by atoms with Crippen LogP contribution >= 0.6 is 0 Å². The molecule has 0 aromatic heterocycles. The number of ether oxygens (including phenoxy) is 1. The van der Waals surface area contributed by atoms with E-state index in [1.54, 1.807) is 6.07 Å². The van der Waals surface area contributed by atoms with Gasteiger partial charge in [-0.05, 0) is 86.0 Å². The SMILES string of the molecule is Cc1ccccc1C[C@@H]1CCCN1C[C@@H](O)CO[C@H](C)c1ccccc1-c1ccc(C(=O)O)c(C)c1. The number of aliphatic hydroxyl groups excluding tert-OH is 1. The number of nitrogens with zero attached hydrogens (tertiary/aromatic N) is 1. The number of β-amino-alcohol motifs (C(OH)–C–C–N with tert-alkyl or cyclic N) is 1. The van der Waals surface area contributed by atoms with Gasteiger partial charge < -0.3 is 14.9 Å². The van der Waals surface area contributed by atoms with E-state index in [4.69, 9.17) is 4.74 Å². The molecule has 0 aliphatic carbocycles. The Labute approximate surface area is 214 Å². The summed E-state index contributed by atoms with van der Waals surface area (Å²) in [6.45, 7) is 7.87. The molecule has 5 nitrogen and oxygen atoms in total. The number of benzene rings is 3. The molecule has 3 atom stereocenters. The first-order chi connectivity index (χ1) is 17.3. The predicted molar refractivity (Wildman–Crippen MR) is 143 cm³/mol. The van der Waals surface area contributed by atoms with E-state index in [9.17, 15) is 15.0 Å². The molecule has 0 bridgehead atoms. The van der Waals surface area contributed by atoms with Crippen LogP contribution in [0.5, 0.6) is 0 Å². The van der Waals surface area contributed by atoms with E-state index in [0.29, 0.717) is 18.2 Å². The average Bonchev–Trinajstić information content (AvgIpc) is 3.30. The minimum absolute atomic E-state index is 0.211. The molecule has 3 aromatic carbocycles. The summed E-state index contributed by atoms with van der Waals surface area (Å²) in [5.74, 6) is -0.919. The molecule has 0 radical (unpaired) electrons. The number of rotatable bonds is 10. The second kappa shape index (κ2) is 11.8. The Morgan fingerprint density at radius 3 is 2.56 bits per heavy atom. The Balaban J connectivity index is 1.37. The van der Waals surface area contributed by atoms with Gasteiger partial charge in [-0.25, -0.2) is 4.79 Å². The monoisotopic (exact) mass is 487 g/mol. The average molecular weight is 488 g/mol. The molecule has 3 aromatic rings. The normalized spacial score (nSPS) is 17.7. The molecule has 0 spiro atoms. The van der Waals surface area contributed by atoms with Gasteiger partial charge in [0.15, 0.2) is 0 Å². The van der Waals surface area contributed by atoms with Gasteiger partial charge in [-0.3, -0.25) is 4.90 Å². The van der Waals surface area contributed by atoms with Gasteiger partial charge in [-0.15, -0.1) is 0 Å². The molecule has 0 unspecified atom stereocenters. The van der Waals surface area contributed by atoms with Crippen LogP contribution in [-0.4, -0.2) is 52.9 Å². The summed E-state index contributed by atoms with van der Waals surface area (Å²) >= 11 is 0. The summed E-state index contributed by atoms with van der Waals surface area (Å²) in [6, 6.07) is 22.4. The summed E-state index contributed by atoms with van der Waals surface area (Å²) in [4.78, 5) is 13.8. The maximum Gasteiger partial charge on any atom is 0.335 e. The number of aryl methyl sites for hydroxylation is 2. The van der Waals surface area contributed by atoms with E-state index in [-0.39, 0.29) is 12.7 Å². The lowest BCUT2D eigenvalue weighted by Crippen LogP contribution is -2.39. The van der Waals surface area contributed by atoms with Gasteiger partial charge in [-0.1, -0.05) is 60.7 Å². The molecule has 0 saturated carbocycles. The number of carbonyl (C=O) groups is 1. The topological polar surface area (TPSA) is 70.0 Å². The molecule has 5 heteroatoms. The molecular formula is C31H37NO4. The lowest BCUT2D eigenvalue weighted by molar-refractivity contribution is -0.0169. The number of hydrogen-bond acceptors (Lipinski definition) is 4. The summed E-state index contributed by atoms with van der Waals surface area (Å²) in [6.07, 6.45) is 2.56. The zero-order valence-corrected chi connectivity index (χ0v) is 21.5. The van der Waals surface area contributed by atoms with Crippen LogP contribution in [0.4, 0.5) is 0 Å². The van der Waals surface area contributed by atoms with E-state index in [0.717, 1.165) is 48.1 Å². The Morgan fingerprint density at radius 2 is 1.81 bits per heavy atom. The van der Waals surface area contributed by atoms with Crippen molar-refractivity contribution in [2.75, 3.05) is 19.7 Å². The highest BCUT2D eigenvalue weighted by Crippen LogP contribution is 2.31. The van der Waals surface area contributed by atoms with E-state index in [1.807, 2.05) is 50.2 Å². The maximum absolute atomic E-state index is 11.4. The predicted octanol–water partition coefficient (Wildman–Crippen LogP) is 5.81. The lowest BCUT2D eigenvalue weighted by Gasteiger charge is -2.28. The second-order valence-corrected chi connectivity index (χ2v) is 9.97. The van der Waals surface area contributed by atoms with Crippen molar-refractivity contribution < 1.29 is 19.7 Å². The van der Waals surface area contributed by atoms with Crippen molar-refractivity contribution in [3.8, 4) is 11.1 Å². The van der Waals surface area contributed by atoms with Gasteiger partial charge in [-0.2, -0.15) is 0 Å². The zero-order chi connectivity index (χ0) is 25.7. The van der Waals surface area contributed by atoms with Gasteiger partial charge in [0.25, 0.3) is 0 Å². The molecule has 1 saturated heterocycles. The lowest BCUT2D eigenvalue weighted by atomic mass is 9.94. The molecule has 190 valence electrons. The summed E-state index contributed by atoms with van der Waals surface area (Å²) in [5, 5.41) is 20.2. The Kier molecular flexibility index (Phi) is 8.57. The molecule has 4 rings (SSSR count). The van der Waals surface area contributed by atoms with Crippen LogP contribution in [0.1, 0.15) is 58.5 Å². The first-order valence-electron chi connectivity index (χ1n) is 12.8. The zero-order valence-electron chi connectivity index (χ0n) is 21.5. The van der Waals surface area contributed by atoms with Crippen molar-refractivity contribution >= 4 is 5.97 Å². The maximum atomic E-state index is 11.4. The third kappa shape index (κ3) is 6.22.